The molecule has 3 fully saturated rings. The summed E-state index contributed by atoms with van der Waals surface area (Å²) in [6.07, 6.45) is 5.62. The first-order chi connectivity index (χ1) is 11.2. The number of fused-ring (bicyclic) bond motifs is 4. The highest BCUT2D eigenvalue weighted by molar-refractivity contribution is 5.83. The first-order valence-corrected chi connectivity index (χ1v) is 8.32. The van der Waals surface area contributed by atoms with E-state index in [0.717, 1.165) is 36.0 Å². The molecule has 3 saturated heterocycles. The fraction of sp³-hybridized carbons (Fsp3) is 0.421. The fourth-order valence-electron chi connectivity index (χ4n) is 4.22. The largest absolute Gasteiger partial charge is 0.508 e. The summed E-state index contributed by atoms with van der Waals surface area (Å²) in [5.41, 5.74) is 3.19. The molecule has 2 bridgehead atoms. The minimum atomic E-state index is -0.552. The number of pyridine rings is 1. The van der Waals surface area contributed by atoms with Gasteiger partial charge < -0.3 is 10.2 Å². The van der Waals surface area contributed by atoms with Gasteiger partial charge in [-0.15, -0.1) is 0 Å². The van der Waals surface area contributed by atoms with Crippen LogP contribution in [0.15, 0.2) is 42.1 Å². The van der Waals surface area contributed by atoms with E-state index in [-0.39, 0.29) is 11.8 Å². The number of aliphatic hydroxyl groups is 1. The molecule has 2 unspecified atom stereocenters. The number of nitrogens with zero attached hydrogens (tertiary/aromatic N) is 2. The molecule has 4 heteroatoms. The molecule has 1 aromatic carbocycles. The van der Waals surface area contributed by atoms with Gasteiger partial charge in [0.05, 0.1) is 11.6 Å². The first-order valence-electron chi connectivity index (χ1n) is 8.32. The van der Waals surface area contributed by atoms with Crippen molar-refractivity contribution < 1.29 is 10.2 Å². The van der Waals surface area contributed by atoms with E-state index < -0.39 is 6.10 Å². The lowest BCUT2D eigenvalue weighted by Gasteiger charge is -2.48. The maximum absolute atomic E-state index is 11.0. The van der Waals surface area contributed by atoms with Gasteiger partial charge in [0.15, 0.2) is 0 Å². The summed E-state index contributed by atoms with van der Waals surface area (Å²) in [7, 11) is 0. The van der Waals surface area contributed by atoms with Gasteiger partial charge >= 0.3 is 0 Å². The van der Waals surface area contributed by atoms with Gasteiger partial charge in [-0.25, -0.2) is 0 Å². The smallest absolute Gasteiger partial charge is 0.116 e. The third-order valence-electron chi connectivity index (χ3n) is 5.48. The highest BCUT2D eigenvalue weighted by Gasteiger charge is 2.40. The van der Waals surface area contributed by atoms with Crippen LogP contribution in [0.25, 0.3) is 10.9 Å². The molecule has 2 N–H and O–H groups in total. The van der Waals surface area contributed by atoms with Crippen molar-refractivity contribution >= 4 is 10.9 Å². The van der Waals surface area contributed by atoms with Crippen molar-refractivity contribution in [1.82, 2.24) is 9.88 Å². The van der Waals surface area contributed by atoms with Crippen molar-refractivity contribution in [3.8, 4) is 5.75 Å². The Kier molecular flexibility index (Phi) is 3.58. The summed E-state index contributed by atoms with van der Waals surface area (Å²) in [5.74, 6) is 0.812. The number of hydrogen-bond donors (Lipinski definition) is 2. The van der Waals surface area contributed by atoms with E-state index in [0.29, 0.717) is 5.92 Å². The maximum Gasteiger partial charge on any atom is 0.116 e. The normalized spacial score (nSPS) is 30.0. The van der Waals surface area contributed by atoms with Crippen LogP contribution < -0.4 is 0 Å². The van der Waals surface area contributed by atoms with Gasteiger partial charge in [-0.1, -0.05) is 11.6 Å². The van der Waals surface area contributed by atoms with Crippen molar-refractivity contribution in [2.24, 2.45) is 5.92 Å². The van der Waals surface area contributed by atoms with Crippen LogP contribution in [-0.2, 0) is 0 Å². The Bertz CT molecular complexity index is 771. The predicted molar refractivity (Wildman–Crippen MR) is 90.2 cm³/mol. The fourth-order valence-corrected chi connectivity index (χ4v) is 4.22. The van der Waals surface area contributed by atoms with E-state index in [1.165, 1.54) is 12.0 Å². The molecule has 1 aromatic heterocycles. The first kappa shape index (κ1) is 14.7. The number of benzene rings is 1. The summed E-state index contributed by atoms with van der Waals surface area (Å²) < 4.78 is 0. The molecule has 3 aliphatic rings. The number of rotatable bonds is 2. The Hall–Kier alpha value is -1.91. The van der Waals surface area contributed by atoms with Crippen LogP contribution in [-0.4, -0.2) is 39.2 Å². The molecular weight excluding hydrogens is 288 g/mol. The maximum atomic E-state index is 11.0. The molecule has 5 rings (SSSR count). The number of aliphatic hydroxyl groups excluding tert-OH is 1. The lowest BCUT2D eigenvalue weighted by atomic mass is 9.76. The zero-order valence-electron chi connectivity index (χ0n) is 13.3. The molecule has 0 aliphatic carbocycles. The zero-order valence-corrected chi connectivity index (χ0v) is 13.3. The second-order valence-electron chi connectivity index (χ2n) is 6.67. The average molecular weight is 310 g/mol. The molecule has 2 aromatic rings. The quantitative estimate of drug-likeness (QED) is 0.837. The van der Waals surface area contributed by atoms with Gasteiger partial charge in [0.25, 0.3) is 0 Å². The van der Waals surface area contributed by atoms with Gasteiger partial charge in [0.1, 0.15) is 5.75 Å². The van der Waals surface area contributed by atoms with E-state index in [1.54, 1.807) is 24.4 Å². The average Bonchev–Trinajstić information content (AvgIpc) is 2.60. The van der Waals surface area contributed by atoms with Crippen LogP contribution in [0.5, 0.6) is 5.75 Å². The second-order valence-corrected chi connectivity index (χ2v) is 6.67. The van der Waals surface area contributed by atoms with E-state index in [2.05, 4.69) is 22.9 Å². The summed E-state index contributed by atoms with van der Waals surface area (Å²) in [6, 6.07) is 7.16. The molecule has 0 radical (unpaired) electrons. The lowest BCUT2D eigenvalue weighted by molar-refractivity contribution is -0.00340. The Morgan fingerprint density at radius 1 is 1.35 bits per heavy atom. The molecular formula is C19H22N2O2. The highest BCUT2D eigenvalue weighted by Crippen LogP contribution is 2.41. The summed E-state index contributed by atoms with van der Waals surface area (Å²) in [4.78, 5) is 6.74. The number of piperidine rings is 3. The third kappa shape index (κ3) is 2.42. The molecule has 23 heavy (non-hydrogen) atoms. The molecule has 4 atom stereocenters. The standard InChI is InChI=1S/C19H22N2O2/c1-2-12-11-21-8-6-13(12)9-18(21)19(23)15-5-7-20-17-4-3-14(22)10-16(15)17/h2-5,7,10,13,18-19,22-23H,6,8-9,11H2,1H3/b12-2-/t13-,18?,19+/m0/s1. The molecule has 0 spiro atoms. The van der Waals surface area contributed by atoms with Gasteiger partial charge in [-0.05, 0) is 62.1 Å². The zero-order chi connectivity index (χ0) is 16.0. The Morgan fingerprint density at radius 3 is 2.96 bits per heavy atom. The van der Waals surface area contributed by atoms with Crippen LogP contribution in [0, 0.1) is 5.92 Å². The summed E-state index contributed by atoms with van der Waals surface area (Å²) in [5, 5.41) is 21.7. The topological polar surface area (TPSA) is 56.6 Å². The predicted octanol–water partition coefficient (Wildman–Crippen LogP) is 3.01. The van der Waals surface area contributed by atoms with Gasteiger partial charge in [0, 0.05) is 24.2 Å². The minimum absolute atomic E-state index is 0.144. The molecule has 4 heterocycles. The SMILES string of the molecule is C/C=C1/CN2CC[C@H]1CC2[C@H](O)c1ccnc2ccc(O)cc12. The lowest BCUT2D eigenvalue weighted by Crippen LogP contribution is -2.52. The molecule has 3 aliphatic heterocycles. The number of phenols is 1. The van der Waals surface area contributed by atoms with Crippen molar-refractivity contribution in [2.75, 3.05) is 13.1 Å². The highest BCUT2D eigenvalue weighted by atomic mass is 16.3. The summed E-state index contributed by atoms with van der Waals surface area (Å²) in [6.45, 7) is 4.14. The van der Waals surface area contributed by atoms with E-state index >= 15 is 0 Å². The van der Waals surface area contributed by atoms with Crippen LogP contribution in [0.1, 0.15) is 31.4 Å². The Balaban J connectivity index is 1.70. The van der Waals surface area contributed by atoms with Crippen molar-refractivity contribution in [2.45, 2.75) is 31.9 Å². The van der Waals surface area contributed by atoms with Gasteiger partial charge in [0.2, 0.25) is 0 Å². The van der Waals surface area contributed by atoms with E-state index in [1.807, 2.05) is 6.07 Å². The third-order valence-corrected chi connectivity index (χ3v) is 5.48. The Morgan fingerprint density at radius 2 is 2.22 bits per heavy atom. The monoisotopic (exact) mass is 310 g/mol. The number of hydrogen-bond acceptors (Lipinski definition) is 4. The van der Waals surface area contributed by atoms with Crippen molar-refractivity contribution in [1.29, 1.82) is 0 Å². The van der Waals surface area contributed by atoms with Crippen LogP contribution >= 0.6 is 0 Å². The van der Waals surface area contributed by atoms with Crippen LogP contribution in [0.4, 0.5) is 0 Å². The molecule has 0 amide bonds. The number of aromatic hydroxyl groups is 1. The Labute approximate surface area is 136 Å². The number of allylic oxidation sites excluding steroid dienone is 1. The second kappa shape index (κ2) is 5.62. The van der Waals surface area contributed by atoms with E-state index in [4.69, 9.17) is 0 Å². The molecule has 4 nitrogen and oxygen atoms in total. The van der Waals surface area contributed by atoms with Crippen molar-refractivity contribution in [3.05, 3.63) is 47.7 Å². The van der Waals surface area contributed by atoms with E-state index in [9.17, 15) is 10.2 Å². The number of phenolic OH excluding ortho intramolecular Hbond substituents is 1. The van der Waals surface area contributed by atoms with Crippen molar-refractivity contribution in [3.63, 3.8) is 0 Å². The summed E-state index contributed by atoms with van der Waals surface area (Å²) >= 11 is 0. The molecule has 0 saturated carbocycles. The van der Waals surface area contributed by atoms with Crippen LogP contribution in [0.2, 0.25) is 0 Å². The van der Waals surface area contributed by atoms with Crippen LogP contribution in [0.3, 0.4) is 0 Å². The van der Waals surface area contributed by atoms with Gasteiger partial charge in [-0.3, -0.25) is 9.88 Å². The minimum Gasteiger partial charge on any atom is -0.508 e. The van der Waals surface area contributed by atoms with Gasteiger partial charge in [-0.2, -0.15) is 0 Å². The number of aromatic nitrogens is 1. The molecule has 120 valence electrons.